The van der Waals surface area contributed by atoms with E-state index in [1.165, 1.54) is 0 Å². The Morgan fingerprint density at radius 2 is 2.17 bits per heavy atom. The summed E-state index contributed by atoms with van der Waals surface area (Å²) in [5.74, 6) is -0.345. The van der Waals surface area contributed by atoms with Gasteiger partial charge in [0.1, 0.15) is 0 Å². The van der Waals surface area contributed by atoms with Crippen LogP contribution >= 0.6 is 12.4 Å². The fraction of sp³-hybridized carbons (Fsp3) is 0.833. The smallest absolute Gasteiger partial charge is 0.237 e. The summed E-state index contributed by atoms with van der Waals surface area (Å²) in [6.45, 7) is 4.45. The zero-order valence-corrected chi connectivity index (χ0v) is 11.8. The van der Waals surface area contributed by atoms with Crippen LogP contribution in [-0.4, -0.2) is 42.9 Å². The fourth-order valence-electron chi connectivity index (χ4n) is 2.13. The molecule has 0 aromatic rings. The normalized spacial score (nSPS) is 18.8. The maximum absolute atomic E-state index is 12.2. The first-order chi connectivity index (χ1) is 8.15. The molecule has 1 saturated heterocycles. The number of carbonyl (C=O) groups is 2. The highest BCUT2D eigenvalue weighted by molar-refractivity contribution is 5.85. The molecule has 1 unspecified atom stereocenters. The monoisotopic (exact) mass is 277 g/mol. The van der Waals surface area contributed by atoms with Crippen LogP contribution in [0.4, 0.5) is 0 Å². The molecule has 0 bridgehead atoms. The number of rotatable bonds is 6. The number of nitrogens with one attached hydrogen (secondary N) is 1. The number of halogens is 1. The third-order valence-corrected chi connectivity index (χ3v) is 3.09. The molecule has 1 aliphatic heterocycles. The molecule has 1 rings (SSSR count). The number of nitrogens with two attached hydrogens (primary N) is 1. The van der Waals surface area contributed by atoms with Crippen LogP contribution in [0.3, 0.4) is 0 Å². The highest BCUT2D eigenvalue weighted by Gasteiger charge is 2.26. The SMILES string of the molecule is CCCCN(CC(N)=O)C(=O)C1CCCNC1.Cl. The summed E-state index contributed by atoms with van der Waals surface area (Å²) in [5.41, 5.74) is 5.18. The summed E-state index contributed by atoms with van der Waals surface area (Å²) >= 11 is 0. The van der Waals surface area contributed by atoms with Gasteiger partial charge >= 0.3 is 0 Å². The number of nitrogens with zero attached hydrogens (tertiary/aromatic N) is 1. The summed E-state index contributed by atoms with van der Waals surface area (Å²) in [5, 5.41) is 3.22. The predicted octanol–water partition coefficient (Wildman–Crippen LogP) is 0.522. The van der Waals surface area contributed by atoms with Crippen LogP contribution in [-0.2, 0) is 9.59 Å². The number of hydrogen-bond acceptors (Lipinski definition) is 3. The molecule has 0 aliphatic carbocycles. The number of unbranched alkanes of at least 4 members (excludes halogenated alkanes) is 1. The van der Waals surface area contributed by atoms with E-state index in [2.05, 4.69) is 12.2 Å². The van der Waals surface area contributed by atoms with Gasteiger partial charge in [-0.05, 0) is 25.8 Å². The number of amides is 2. The Kier molecular flexibility index (Phi) is 8.75. The predicted molar refractivity (Wildman–Crippen MR) is 73.5 cm³/mol. The van der Waals surface area contributed by atoms with E-state index in [0.717, 1.165) is 38.8 Å². The summed E-state index contributed by atoms with van der Waals surface area (Å²) in [6, 6.07) is 0. The van der Waals surface area contributed by atoms with Crippen molar-refractivity contribution in [2.45, 2.75) is 32.6 Å². The van der Waals surface area contributed by atoms with E-state index in [1.807, 2.05) is 0 Å². The minimum absolute atomic E-state index is 0. The van der Waals surface area contributed by atoms with E-state index >= 15 is 0 Å². The van der Waals surface area contributed by atoms with E-state index in [0.29, 0.717) is 6.54 Å². The van der Waals surface area contributed by atoms with Gasteiger partial charge in [0.25, 0.3) is 0 Å². The molecule has 0 saturated carbocycles. The summed E-state index contributed by atoms with van der Waals surface area (Å²) in [4.78, 5) is 24.8. The van der Waals surface area contributed by atoms with Gasteiger partial charge in [-0.25, -0.2) is 0 Å². The molecule has 1 heterocycles. The number of hydrogen-bond donors (Lipinski definition) is 2. The molecule has 3 N–H and O–H groups in total. The fourth-order valence-corrected chi connectivity index (χ4v) is 2.13. The molecule has 106 valence electrons. The maximum atomic E-state index is 12.2. The van der Waals surface area contributed by atoms with Crippen molar-refractivity contribution >= 4 is 24.2 Å². The Hall–Kier alpha value is -0.810. The van der Waals surface area contributed by atoms with Crippen molar-refractivity contribution in [2.24, 2.45) is 11.7 Å². The highest BCUT2D eigenvalue weighted by Crippen LogP contribution is 2.13. The quantitative estimate of drug-likeness (QED) is 0.743. The van der Waals surface area contributed by atoms with Gasteiger partial charge in [0, 0.05) is 13.1 Å². The van der Waals surface area contributed by atoms with Crippen molar-refractivity contribution in [1.29, 1.82) is 0 Å². The first-order valence-electron chi connectivity index (χ1n) is 6.43. The molecule has 18 heavy (non-hydrogen) atoms. The molecule has 0 aromatic heterocycles. The van der Waals surface area contributed by atoms with Gasteiger partial charge in [-0.3, -0.25) is 9.59 Å². The minimum atomic E-state index is -0.432. The van der Waals surface area contributed by atoms with Gasteiger partial charge in [0.05, 0.1) is 12.5 Å². The Bertz CT molecular complexity index is 268. The van der Waals surface area contributed by atoms with E-state index < -0.39 is 5.91 Å². The lowest BCUT2D eigenvalue weighted by Gasteiger charge is -2.28. The topological polar surface area (TPSA) is 75.4 Å². The second kappa shape index (κ2) is 9.16. The third-order valence-electron chi connectivity index (χ3n) is 3.09. The van der Waals surface area contributed by atoms with Crippen molar-refractivity contribution < 1.29 is 9.59 Å². The van der Waals surface area contributed by atoms with Crippen molar-refractivity contribution in [3.63, 3.8) is 0 Å². The van der Waals surface area contributed by atoms with Gasteiger partial charge in [-0.2, -0.15) is 0 Å². The molecule has 0 aromatic carbocycles. The number of piperidine rings is 1. The van der Waals surface area contributed by atoms with Crippen LogP contribution in [0, 0.1) is 5.92 Å². The number of primary amides is 1. The average molecular weight is 278 g/mol. The largest absolute Gasteiger partial charge is 0.368 e. The van der Waals surface area contributed by atoms with Crippen LogP contribution in [0.1, 0.15) is 32.6 Å². The molecular formula is C12H24ClN3O2. The van der Waals surface area contributed by atoms with Crippen LogP contribution in [0.25, 0.3) is 0 Å². The second-order valence-corrected chi connectivity index (χ2v) is 4.62. The second-order valence-electron chi connectivity index (χ2n) is 4.62. The molecule has 5 nitrogen and oxygen atoms in total. The highest BCUT2D eigenvalue weighted by atomic mass is 35.5. The lowest BCUT2D eigenvalue weighted by molar-refractivity contribution is -0.139. The number of carbonyl (C=O) groups excluding carboxylic acids is 2. The van der Waals surface area contributed by atoms with Crippen molar-refractivity contribution in [3.8, 4) is 0 Å². The molecule has 2 amide bonds. The van der Waals surface area contributed by atoms with Crippen molar-refractivity contribution in [3.05, 3.63) is 0 Å². The van der Waals surface area contributed by atoms with E-state index in [9.17, 15) is 9.59 Å². The zero-order chi connectivity index (χ0) is 12.7. The molecular weight excluding hydrogens is 254 g/mol. The lowest BCUT2D eigenvalue weighted by atomic mass is 9.98. The van der Waals surface area contributed by atoms with Crippen LogP contribution in [0.2, 0.25) is 0 Å². The van der Waals surface area contributed by atoms with Gasteiger partial charge in [0.2, 0.25) is 11.8 Å². The molecule has 0 spiro atoms. The van der Waals surface area contributed by atoms with E-state index in [-0.39, 0.29) is 30.8 Å². The van der Waals surface area contributed by atoms with Gasteiger partial charge in [0.15, 0.2) is 0 Å². The standard InChI is InChI=1S/C12H23N3O2.ClH/c1-2-3-7-15(9-11(13)16)12(17)10-5-4-6-14-8-10;/h10,14H,2-9H2,1H3,(H2,13,16);1H. The van der Waals surface area contributed by atoms with Crippen LogP contribution in [0.5, 0.6) is 0 Å². The average Bonchev–Trinajstić information content (AvgIpc) is 2.34. The van der Waals surface area contributed by atoms with E-state index in [1.54, 1.807) is 4.90 Å². The molecule has 1 fully saturated rings. The first-order valence-corrected chi connectivity index (χ1v) is 6.43. The van der Waals surface area contributed by atoms with Crippen molar-refractivity contribution in [2.75, 3.05) is 26.2 Å². The molecule has 6 heteroatoms. The molecule has 1 atom stereocenters. The first kappa shape index (κ1) is 17.2. The summed E-state index contributed by atoms with van der Waals surface area (Å²) < 4.78 is 0. The molecule has 0 radical (unpaired) electrons. The lowest BCUT2D eigenvalue weighted by Crippen LogP contribution is -2.46. The summed E-state index contributed by atoms with van der Waals surface area (Å²) in [6.07, 6.45) is 3.85. The Labute approximate surface area is 115 Å². The van der Waals surface area contributed by atoms with Gasteiger partial charge < -0.3 is 16.0 Å². The van der Waals surface area contributed by atoms with Gasteiger partial charge in [-0.1, -0.05) is 13.3 Å². The summed E-state index contributed by atoms with van der Waals surface area (Å²) in [7, 11) is 0. The third kappa shape index (κ3) is 5.69. The zero-order valence-electron chi connectivity index (χ0n) is 11.0. The molecule has 1 aliphatic rings. The van der Waals surface area contributed by atoms with Gasteiger partial charge in [-0.15, -0.1) is 12.4 Å². The Balaban J connectivity index is 0.00000289. The van der Waals surface area contributed by atoms with Crippen molar-refractivity contribution in [1.82, 2.24) is 10.2 Å². The van der Waals surface area contributed by atoms with E-state index in [4.69, 9.17) is 5.73 Å². The van der Waals surface area contributed by atoms with Crippen LogP contribution < -0.4 is 11.1 Å². The minimum Gasteiger partial charge on any atom is -0.368 e. The Morgan fingerprint density at radius 1 is 1.44 bits per heavy atom. The van der Waals surface area contributed by atoms with Crippen LogP contribution in [0.15, 0.2) is 0 Å². The Morgan fingerprint density at radius 3 is 2.67 bits per heavy atom. The maximum Gasteiger partial charge on any atom is 0.237 e.